The monoisotopic (exact) mass is 287 g/mol. The molecule has 0 aliphatic rings. The number of carbonyl (C=O) groups is 3. The van der Waals surface area contributed by atoms with Crippen molar-refractivity contribution in [2.24, 2.45) is 11.8 Å². The Morgan fingerprint density at radius 2 is 1.70 bits per heavy atom. The van der Waals surface area contributed by atoms with Crippen LogP contribution < -0.4 is 5.32 Å². The highest BCUT2D eigenvalue weighted by molar-refractivity contribution is 5.80. The van der Waals surface area contributed by atoms with Crippen molar-refractivity contribution in [2.45, 2.75) is 20.8 Å². The van der Waals surface area contributed by atoms with Crippen LogP contribution in [0.15, 0.2) is 0 Å². The van der Waals surface area contributed by atoms with Crippen molar-refractivity contribution < 1.29 is 19.5 Å². The molecule has 0 aliphatic carbocycles. The van der Waals surface area contributed by atoms with Gasteiger partial charge in [0.1, 0.15) is 0 Å². The highest BCUT2D eigenvalue weighted by Gasteiger charge is 2.24. The average molecular weight is 287 g/mol. The van der Waals surface area contributed by atoms with Crippen molar-refractivity contribution in [3.05, 3.63) is 0 Å². The van der Waals surface area contributed by atoms with E-state index in [1.807, 2.05) is 0 Å². The highest BCUT2D eigenvalue weighted by atomic mass is 16.4. The van der Waals surface area contributed by atoms with Crippen molar-refractivity contribution in [3.63, 3.8) is 0 Å². The molecule has 0 aromatic carbocycles. The van der Waals surface area contributed by atoms with E-state index < -0.39 is 11.9 Å². The molecule has 2 unspecified atom stereocenters. The minimum atomic E-state index is -0.933. The third-order valence-corrected chi connectivity index (χ3v) is 3.14. The third kappa shape index (κ3) is 5.46. The first-order valence-electron chi connectivity index (χ1n) is 6.68. The Kier molecular flexibility index (Phi) is 7.64. The van der Waals surface area contributed by atoms with Gasteiger partial charge in [-0.25, -0.2) is 4.79 Å². The van der Waals surface area contributed by atoms with Crippen molar-refractivity contribution in [1.29, 1.82) is 0 Å². The first-order chi connectivity index (χ1) is 9.24. The van der Waals surface area contributed by atoms with Crippen LogP contribution in [0.1, 0.15) is 20.8 Å². The van der Waals surface area contributed by atoms with Crippen molar-refractivity contribution in [3.8, 4) is 0 Å². The minimum absolute atomic E-state index is 0.133. The van der Waals surface area contributed by atoms with E-state index in [2.05, 4.69) is 5.32 Å². The predicted molar refractivity (Wildman–Crippen MR) is 75.3 cm³/mol. The summed E-state index contributed by atoms with van der Waals surface area (Å²) in [4.78, 5) is 37.4. The fourth-order valence-corrected chi connectivity index (χ4v) is 1.81. The summed E-state index contributed by atoms with van der Waals surface area (Å²) >= 11 is 0. The first-order valence-corrected chi connectivity index (χ1v) is 6.68. The number of carboxylic acid groups (broad SMARTS) is 1. The van der Waals surface area contributed by atoms with Crippen LogP contribution in [0.25, 0.3) is 0 Å². The molecule has 2 N–H and O–H groups in total. The van der Waals surface area contributed by atoms with Crippen molar-refractivity contribution in [1.82, 2.24) is 15.1 Å². The Bertz CT molecular complexity index is 360. The van der Waals surface area contributed by atoms with Gasteiger partial charge in [0.05, 0.1) is 11.8 Å². The summed E-state index contributed by atoms with van der Waals surface area (Å²) in [7, 11) is 3.16. The summed E-state index contributed by atoms with van der Waals surface area (Å²) in [5.74, 6) is -2.00. The molecule has 0 aromatic heterocycles. The molecule has 0 fully saturated rings. The molecule has 0 radical (unpaired) electrons. The molecule has 0 saturated heterocycles. The molecule has 20 heavy (non-hydrogen) atoms. The smallest absolute Gasteiger partial charge is 0.319 e. The van der Waals surface area contributed by atoms with Gasteiger partial charge in [-0.3, -0.25) is 9.59 Å². The van der Waals surface area contributed by atoms with Gasteiger partial charge in [0.2, 0.25) is 5.91 Å². The number of nitrogens with zero attached hydrogens (tertiary/aromatic N) is 2. The van der Waals surface area contributed by atoms with Crippen LogP contribution in [0.2, 0.25) is 0 Å². The molecule has 116 valence electrons. The van der Waals surface area contributed by atoms with Gasteiger partial charge in [0, 0.05) is 33.7 Å². The zero-order valence-corrected chi connectivity index (χ0v) is 12.8. The lowest BCUT2D eigenvalue weighted by Crippen LogP contribution is -2.46. The van der Waals surface area contributed by atoms with E-state index in [9.17, 15) is 14.4 Å². The summed E-state index contributed by atoms with van der Waals surface area (Å²) < 4.78 is 0. The molecule has 7 heteroatoms. The van der Waals surface area contributed by atoms with Crippen molar-refractivity contribution >= 4 is 17.9 Å². The van der Waals surface area contributed by atoms with Gasteiger partial charge in [-0.15, -0.1) is 0 Å². The zero-order valence-electron chi connectivity index (χ0n) is 12.8. The summed E-state index contributed by atoms with van der Waals surface area (Å²) in [6.07, 6.45) is 0. The standard InChI is InChI=1S/C13H25N3O4/c1-6-16(8-10(3)12(18)19)13(20)15(5)7-9(2)11(17)14-4/h9-10H,6-8H2,1-5H3,(H,14,17)(H,18,19). The lowest BCUT2D eigenvalue weighted by atomic mass is 10.1. The number of carbonyl (C=O) groups excluding carboxylic acids is 2. The number of amides is 3. The van der Waals surface area contributed by atoms with Crippen LogP contribution in [-0.2, 0) is 9.59 Å². The van der Waals surface area contributed by atoms with Crippen LogP contribution in [-0.4, -0.2) is 66.5 Å². The normalized spacial score (nSPS) is 13.2. The fraction of sp³-hybridized carbons (Fsp3) is 0.769. The Morgan fingerprint density at radius 3 is 2.10 bits per heavy atom. The third-order valence-electron chi connectivity index (χ3n) is 3.14. The van der Waals surface area contributed by atoms with Gasteiger partial charge in [-0.1, -0.05) is 13.8 Å². The lowest BCUT2D eigenvalue weighted by molar-refractivity contribution is -0.141. The van der Waals surface area contributed by atoms with Crippen LogP contribution >= 0.6 is 0 Å². The summed E-state index contributed by atoms with van der Waals surface area (Å²) in [5.41, 5.74) is 0. The van der Waals surface area contributed by atoms with Crippen LogP contribution in [0.4, 0.5) is 4.79 Å². The molecule has 3 amide bonds. The number of urea groups is 1. The van der Waals surface area contributed by atoms with E-state index in [0.717, 1.165) is 0 Å². The molecule has 2 atom stereocenters. The van der Waals surface area contributed by atoms with Crippen LogP contribution in [0.5, 0.6) is 0 Å². The zero-order chi connectivity index (χ0) is 15.9. The highest BCUT2D eigenvalue weighted by Crippen LogP contribution is 2.06. The predicted octanol–water partition coefficient (Wildman–Crippen LogP) is 0.463. The molecule has 0 heterocycles. The SMILES string of the molecule is CCN(CC(C)C(=O)O)C(=O)N(C)CC(C)C(=O)NC. The fourth-order valence-electron chi connectivity index (χ4n) is 1.81. The lowest BCUT2D eigenvalue weighted by Gasteiger charge is -2.29. The Hall–Kier alpha value is -1.79. The molecular weight excluding hydrogens is 262 g/mol. The number of rotatable bonds is 7. The number of nitrogens with one attached hydrogen (secondary N) is 1. The molecule has 0 rings (SSSR count). The second-order valence-electron chi connectivity index (χ2n) is 4.96. The van der Waals surface area contributed by atoms with Gasteiger partial charge >= 0.3 is 12.0 Å². The second kappa shape index (κ2) is 8.39. The van der Waals surface area contributed by atoms with Gasteiger partial charge in [-0.2, -0.15) is 0 Å². The molecule has 0 bridgehead atoms. The minimum Gasteiger partial charge on any atom is -0.481 e. The number of aliphatic carboxylic acids is 1. The molecular formula is C13H25N3O4. The Labute approximate surface area is 119 Å². The molecule has 0 aliphatic heterocycles. The van der Waals surface area contributed by atoms with E-state index in [-0.39, 0.29) is 30.9 Å². The van der Waals surface area contributed by atoms with E-state index >= 15 is 0 Å². The first kappa shape index (κ1) is 18.2. The van der Waals surface area contributed by atoms with Gasteiger partial charge in [0.25, 0.3) is 0 Å². The largest absolute Gasteiger partial charge is 0.481 e. The average Bonchev–Trinajstić information content (AvgIpc) is 2.42. The maximum Gasteiger partial charge on any atom is 0.319 e. The molecule has 0 saturated carbocycles. The summed E-state index contributed by atoms with van der Waals surface area (Å²) in [6.45, 7) is 5.96. The van der Waals surface area contributed by atoms with E-state index in [4.69, 9.17) is 5.11 Å². The molecule has 0 aromatic rings. The van der Waals surface area contributed by atoms with Gasteiger partial charge < -0.3 is 20.2 Å². The van der Waals surface area contributed by atoms with Crippen molar-refractivity contribution in [2.75, 3.05) is 33.7 Å². The summed E-state index contributed by atoms with van der Waals surface area (Å²) in [6, 6.07) is -0.267. The number of carboxylic acids is 1. The maximum atomic E-state index is 12.2. The molecule has 0 spiro atoms. The Balaban J connectivity index is 4.59. The molecule has 7 nitrogen and oxygen atoms in total. The second-order valence-corrected chi connectivity index (χ2v) is 4.96. The summed E-state index contributed by atoms with van der Waals surface area (Å²) in [5, 5.41) is 11.4. The van der Waals surface area contributed by atoms with E-state index in [1.54, 1.807) is 34.9 Å². The van der Waals surface area contributed by atoms with Gasteiger partial charge in [0.15, 0.2) is 0 Å². The number of hydrogen-bond donors (Lipinski definition) is 2. The number of hydrogen-bond acceptors (Lipinski definition) is 3. The maximum absolute atomic E-state index is 12.2. The van der Waals surface area contributed by atoms with E-state index in [1.165, 1.54) is 9.80 Å². The van der Waals surface area contributed by atoms with Crippen LogP contribution in [0.3, 0.4) is 0 Å². The van der Waals surface area contributed by atoms with Crippen LogP contribution in [0, 0.1) is 11.8 Å². The Morgan fingerprint density at radius 1 is 1.15 bits per heavy atom. The quantitative estimate of drug-likeness (QED) is 0.712. The topological polar surface area (TPSA) is 90.0 Å². The van der Waals surface area contributed by atoms with Gasteiger partial charge in [-0.05, 0) is 6.92 Å². The van der Waals surface area contributed by atoms with E-state index in [0.29, 0.717) is 6.54 Å².